The third kappa shape index (κ3) is 2.82. The maximum atomic E-state index is 12.3. The molecule has 0 saturated heterocycles. The van der Waals surface area contributed by atoms with E-state index in [1.54, 1.807) is 36.1 Å². The molecule has 0 bridgehead atoms. The van der Waals surface area contributed by atoms with Crippen LogP contribution in [0.1, 0.15) is 21.9 Å². The number of rotatable bonds is 3. The fourth-order valence-corrected chi connectivity index (χ4v) is 3.65. The lowest BCUT2D eigenvalue weighted by molar-refractivity contribution is 0.102. The number of carbonyl (C=O) groups is 1. The van der Waals surface area contributed by atoms with Crippen molar-refractivity contribution in [3.8, 4) is 0 Å². The molecule has 0 radical (unpaired) electrons. The Morgan fingerprint density at radius 3 is 2.81 bits per heavy atom. The van der Waals surface area contributed by atoms with E-state index in [4.69, 9.17) is 4.42 Å². The number of carbonyl (C=O) groups excluding carboxylic acids is 1. The van der Waals surface area contributed by atoms with Gasteiger partial charge in [-0.05, 0) is 44.4 Å². The van der Waals surface area contributed by atoms with Gasteiger partial charge in [0.2, 0.25) is 0 Å². The summed E-state index contributed by atoms with van der Waals surface area (Å²) in [5.41, 5.74) is 2.29. The highest BCUT2D eigenvalue weighted by atomic mass is 32.2. The van der Waals surface area contributed by atoms with Crippen LogP contribution in [-0.4, -0.2) is 17.1 Å². The van der Waals surface area contributed by atoms with Crippen LogP contribution in [0.5, 0.6) is 0 Å². The number of aryl methyl sites for hydroxylation is 2. The largest absolute Gasteiger partial charge is 0.466 e. The molecule has 0 spiro atoms. The van der Waals surface area contributed by atoms with Gasteiger partial charge in [0.15, 0.2) is 4.34 Å². The van der Waals surface area contributed by atoms with Crippen molar-refractivity contribution in [1.82, 2.24) is 4.98 Å². The van der Waals surface area contributed by atoms with Gasteiger partial charge in [-0.1, -0.05) is 11.8 Å². The van der Waals surface area contributed by atoms with Gasteiger partial charge in [0.05, 0.1) is 15.8 Å². The summed E-state index contributed by atoms with van der Waals surface area (Å²) in [5.74, 6) is 1.21. The Morgan fingerprint density at radius 2 is 2.14 bits per heavy atom. The first-order chi connectivity index (χ1) is 10.1. The lowest BCUT2D eigenvalue weighted by Gasteiger charge is -2.03. The molecule has 1 aromatic carbocycles. The Hall–Kier alpha value is -1.79. The number of hydrogen-bond acceptors (Lipinski definition) is 5. The molecular weight excluding hydrogens is 304 g/mol. The van der Waals surface area contributed by atoms with E-state index in [1.165, 1.54) is 0 Å². The highest BCUT2D eigenvalue weighted by Crippen LogP contribution is 2.30. The molecule has 3 rings (SSSR count). The number of amides is 1. The normalized spacial score (nSPS) is 11.0. The summed E-state index contributed by atoms with van der Waals surface area (Å²) in [6.45, 7) is 3.62. The van der Waals surface area contributed by atoms with Gasteiger partial charge in [0.25, 0.3) is 5.91 Å². The molecule has 0 fully saturated rings. The summed E-state index contributed by atoms with van der Waals surface area (Å²) in [4.78, 5) is 16.7. The van der Waals surface area contributed by atoms with E-state index in [0.29, 0.717) is 11.3 Å². The topological polar surface area (TPSA) is 55.1 Å². The van der Waals surface area contributed by atoms with Crippen molar-refractivity contribution in [2.45, 2.75) is 18.2 Å². The predicted molar refractivity (Wildman–Crippen MR) is 87.5 cm³/mol. The Morgan fingerprint density at radius 1 is 1.33 bits per heavy atom. The first-order valence-electron chi connectivity index (χ1n) is 6.40. The van der Waals surface area contributed by atoms with Crippen molar-refractivity contribution in [3.63, 3.8) is 0 Å². The van der Waals surface area contributed by atoms with Crippen LogP contribution in [-0.2, 0) is 0 Å². The summed E-state index contributed by atoms with van der Waals surface area (Å²) in [7, 11) is 0. The van der Waals surface area contributed by atoms with Crippen molar-refractivity contribution >= 4 is 44.9 Å². The molecule has 0 atom stereocenters. The number of nitrogens with one attached hydrogen (secondary N) is 1. The Labute approximate surface area is 130 Å². The number of fused-ring (bicyclic) bond motifs is 1. The molecule has 1 amide bonds. The average molecular weight is 318 g/mol. The van der Waals surface area contributed by atoms with E-state index in [1.807, 2.05) is 31.4 Å². The molecule has 0 aliphatic heterocycles. The molecule has 3 aromatic rings. The van der Waals surface area contributed by atoms with Gasteiger partial charge in [0, 0.05) is 5.69 Å². The first kappa shape index (κ1) is 14.2. The van der Waals surface area contributed by atoms with E-state index in [-0.39, 0.29) is 5.91 Å². The lowest BCUT2D eigenvalue weighted by Crippen LogP contribution is -2.11. The second kappa shape index (κ2) is 5.54. The van der Waals surface area contributed by atoms with E-state index in [0.717, 1.165) is 26.0 Å². The van der Waals surface area contributed by atoms with Gasteiger partial charge >= 0.3 is 0 Å². The average Bonchev–Trinajstić information content (AvgIpc) is 3.00. The van der Waals surface area contributed by atoms with Gasteiger partial charge in [0.1, 0.15) is 11.5 Å². The minimum Gasteiger partial charge on any atom is -0.466 e. The molecule has 21 heavy (non-hydrogen) atoms. The quantitative estimate of drug-likeness (QED) is 0.723. The standard InChI is InChI=1S/C15H14N2O2S2/c1-8-6-11(9(2)19-8)14(18)16-10-4-5-12-13(7-10)21-15(17-12)20-3/h4-7H,1-3H3,(H,16,18). The van der Waals surface area contributed by atoms with Crippen LogP contribution in [0.15, 0.2) is 33.0 Å². The minimum atomic E-state index is -0.154. The molecule has 4 nitrogen and oxygen atoms in total. The van der Waals surface area contributed by atoms with Crippen LogP contribution in [0.4, 0.5) is 5.69 Å². The van der Waals surface area contributed by atoms with Crippen LogP contribution >= 0.6 is 23.1 Å². The van der Waals surface area contributed by atoms with Gasteiger partial charge in [-0.2, -0.15) is 0 Å². The Kier molecular flexibility index (Phi) is 3.73. The lowest BCUT2D eigenvalue weighted by atomic mass is 10.2. The molecule has 0 aliphatic carbocycles. The molecule has 6 heteroatoms. The Balaban J connectivity index is 1.87. The van der Waals surface area contributed by atoms with Crippen LogP contribution in [0.2, 0.25) is 0 Å². The first-order valence-corrected chi connectivity index (χ1v) is 8.44. The second-order valence-electron chi connectivity index (χ2n) is 4.65. The number of aromatic nitrogens is 1. The third-order valence-electron chi connectivity index (χ3n) is 3.09. The molecule has 0 aliphatic rings. The highest BCUT2D eigenvalue weighted by Gasteiger charge is 2.14. The maximum Gasteiger partial charge on any atom is 0.259 e. The molecule has 0 saturated carbocycles. The molecular formula is C15H14N2O2S2. The van der Waals surface area contributed by atoms with E-state index in [9.17, 15) is 4.79 Å². The summed E-state index contributed by atoms with van der Waals surface area (Å²) in [5, 5.41) is 2.90. The number of anilines is 1. The van der Waals surface area contributed by atoms with E-state index >= 15 is 0 Å². The number of nitrogens with zero attached hydrogens (tertiary/aromatic N) is 1. The zero-order valence-electron chi connectivity index (χ0n) is 11.9. The SMILES string of the molecule is CSc1nc2ccc(NC(=O)c3cc(C)oc3C)cc2s1. The minimum absolute atomic E-state index is 0.154. The van der Waals surface area contributed by atoms with Crippen LogP contribution < -0.4 is 5.32 Å². The monoisotopic (exact) mass is 318 g/mol. The fraction of sp³-hybridized carbons (Fsp3) is 0.200. The van der Waals surface area contributed by atoms with Crippen LogP contribution in [0.3, 0.4) is 0 Å². The highest BCUT2D eigenvalue weighted by molar-refractivity contribution is 8.00. The fourth-order valence-electron chi connectivity index (χ4n) is 2.12. The number of benzene rings is 1. The van der Waals surface area contributed by atoms with E-state index < -0.39 is 0 Å². The van der Waals surface area contributed by atoms with Crippen molar-refractivity contribution in [3.05, 3.63) is 41.3 Å². The molecule has 1 N–H and O–H groups in total. The Bertz CT molecular complexity index is 820. The zero-order chi connectivity index (χ0) is 15.0. The third-order valence-corrected chi connectivity index (χ3v) is 5.09. The van der Waals surface area contributed by atoms with Gasteiger partial charge in [-0.15, -0.1) is 11.3 Å². The predicted octanol–water partition coefficient (Wildman–Crippen LogP) is 4.48. The molecule has 2 heterocycles. The van der Waals surface area contributed by atoms with Gasteiger partial charge in [-0.3, -0.25) is 4.79 Å². The number of thiazole rings is 1. The number of hydrogen-bond donors (Lipinski definition) is 1. The van der Waals surface area contributed by atoms with E-state index in [2.05, 4.69) is 10.3 Å². The van der Waals surface area contributed by atoms with Gasteiger partial charge < -0.3 is 9.73 Å². The number of thioether (sulfide) groups is 1. The zero-order valence-corrected chi connectivity index (χ0v) is 13.5. The molecule has 0 unspecified atom stereocenters. The van der Waals surface area contributed by atoms with Crippen molar-refractivity contribution in [1.29, 1.82) is 0 Å². The summed E-state index contributed by atoms with van der Waals surface area (Å²) < 4.78 is 7.48. The smallest absolute Gasteiger partial charge is 0.259 e. The van der Waals surface area contributed by atoms with Crippen molar-refractivity contribution in [2.24, 2.45) is 0 Å². The van der Waals surface area contributed by atoms with Crippen LogP contribution in [0, 0.1) is 13.8 Å². The maximum absolute atomic E-state index is 12.3. The second-order valence-corrected chi connectivity index (χ2v) is 6.73. The summed E-state index contributed by atoms with van der Waals surface area (Å²) in [6, 6.07) is 7.50. The number of furan rings is 1. The van der Waals surface area contributed by atoms with Crippen molar-refractivity contribution in [2.75, 3.05) is 11.6 Å². The van der Waals surface area contributed by atoms with Crippen molar-refractivity contribution < 1.29 is 9.21 Å². The van der Waals surface area contributed by atoms with Crippen LogP contribution in [0.25, 0.3) is 10.2 Å². The summed E-state index contributed by atoms with van der Waals surface area (Å²) in [6.07, 6.45) is 2.00. The molecule has 2 aromatic heterocycles. The van der Waals surface area contributed by atoms with Gasteiger partial charge in [-0.25, -0.2) is 4.98 Å². The molecule has 108 valence electrons. The summed E-state index contributed by atoms with van der Waals surface area (Å²) >= 11 is 3.25.